The topological polar surface area (TPSA) is 106 Å². The summed E-state index contributed by atoms with van der Waals surface area (Å²) in [6, 6.07) is 12.2. The van der Waals surface area contributed by atoms with E-state index in [0.29, 0.717) is 17.3 Å². The van der Waals surface area contributed by atoms with Crippen LogP contribution < -0.4 is 10.2 Å². The van der Waals surface area contributed by atoms with Gasteiger partial charge in [-0.15, -0.1) is 0 Å². The second-order valence-electron chi connectivity index (χ2n) is 7.80. The van der Waals surface area contributed by atoms with E-state index in [-0.39, 0.29) is 29.6 Å². The van der Waals surface area contributed by atoms with Gasteiger partial charge in [0.25, 0.3) is 0 Å². The second-order valence-corrected chi connectivity index (χ2v) is 7.80. The van der Waals surface area contributed by atoms with Crippen molar-refractivity contribution in [2.75, 3.05) is 10.2 Å². The molecule has 29 heavy (non-hydrogen) atoms. The number of nitriles is 1. The van der Waals surface area contributed by atoms with Gasteiger partial charge in [-0.2, -0.15) is 5.26 Å². The van der Waals surface area contributed by atoms with Crippen molar-refractivity contribution in [1.82, 2.24) is 4.98 Å². The first-order chi connectivity index (χ1) is 13.9. The lowest BCUT2D eigenvalue weighted by molar-refractivity contribution is -0.117. The van der Waals surface area contributed by atoms with Crippen molar-refractivity contribution in [3.63, 3.8) is 0 Å². The molecule has 4 rings (SSSR count). The molecular formula is C22H22N4O3. The number of pyridine rings is 1. The summed E-state index contributed by atoms with van der Waals surface area (Å²) < 4.78 is 0. The standard InChI is InChI=1S/C22H22N4O3/c1-12-20(25-19-5-3-4-17(24-19)22(28)29)16-10-14(11-23)6-9-18(16)26(13(2)27)21(12)15-7-8-15/h3-6,9-10,12,15,20-21H,7-8H2,1-2H3,(H,24,25)(H,28,29)/t12-,20-,21+/m1/s1. The van der Waals surface area contributed by atoms with E-state index < -0.39 is 5.97 Å². The number of benzene rings is 1. The quantitative estimate of drug-likeness (QED) is 0.826. The zero-order valence-corrected chi connectivity index (χ0v) is 16.3. The normalized spacial score (nSPS) is 23.1. The average molecular weight is 390 g/mol. The highest BCUT2D eigenvalue weighted by Crippen LogP contribution is 2.50. The van der Waals surface area contributed by atoms with Gasteiger partial charge in [0.15, 0.2) is 5.69 Å². The number of anilines is 2. The molecule has 0 radical (unpaired) electrons. The minimum atomic E-state index is -1.09. The molecule has 2 N–H and O–H groups in total. The van der Waals surface area contributed by atoms with Gasteiger partial charge in [-0.3, -0.25) is 4.79 Å². The minimum absolute atomic E-state index is 0.0100. The number of amides is 1. The summed E-state index contributed by atoms with van der Waals surface area (Å²) in [7, 11) is 0. The van der Waals surface area contributed by atoms with Gasteiger partial charge in [0.2, 0.25) is 5.91 Å². The van der Waals surface area contributed by atoms with E-state index in [1.807, 2.05) is 17.0 Å². The fourth-order valence-corrected chi connectivity index (χ4v) is 4.43. The lowest BCUT2D eigenvalue weighted by Crippen LogP contribution is -2.51. The SMILES string of the molecule is CC(=O)N1c2ccc(C#N)cc2[C@H](Nc2cccc(C(=O)O)n2)[C@@H](C)[C@H]1C1CC1. The minimum Gasteiger partial charge on any atom is -0.477 e. The number of carbonyl (C=O) groups is 2. The van der Waals surface area contributed by atoms with E-state index in [1.165, 1.54) is 6.07 Å². The van der Waals surface area contributed by atoms with Gasteiger partial charge >= 0.3 is 5.97 Å². The Hall–Kier alpha value is -3.40. The molecule has 0 saturated heterocycles. The van der Waals surface area contributed by atoms with E-state index in [4.69, 9.17) is 0 Å². The molecule has 1 aromatic carbocycles. The summed E-state index contributed by atoms with van der Waals surface area (Å²) in [6.07, 6.45) is 2.17. The Morgan fingerprint density at radius 3 is 2.66 bits per heavy atom. The van der Waals surface area contributed by atoms with E-state index >= 15 is 0 Å². The maximum absolute atomic E-state index is 12.6. The fraction of sp³-hybridized carbons (Fsp3) is 0.364. The maximum atomic E-state index is 12.6. The van der Waals surface area contributed by atoms with Crippen LogP contribution in [0.3, 0.4) is 0 Å². The van der Waals surface area contributed by atoms with Crippen molar-refractivity contribution in [2.45, 2.75) is 38.8 Å². The van der Waals surface area contributed by atoms with Crippen LogP contribution in [0.5, 0.6) is 0 Å². The number of aromatic nitrogens is 1. The van der Waals surface area contributed by atoms with Crippen molar-refractivity contribution in [1.29, 1.82) is 5.26 Å². The number of aromatic carboxylic acids is 1. The highest BCUT2D eigenvalue weighted by atomic mass is 16.4. The van der Waals surface area contributed by atoms with Crippen LogP contribution in [0.4, 0.5) is 11.5 Å². The van der Waals surface area contributed by atoms with Crippen molar-refractivity contribution in [3.05, 3.63) is 53.2 Å². The largest absolute Gasteiger partial charge is 0.477 e. The lowest BCUT2D eigenvalue weighted by atomic mass is 9.79. The van der Waals surface area contributed by atoms with Gasteiger partial charge in [-0.1, -0.05) is 13.0 Å². The van der Waals surface area contributed by atoms with Gasteiger partial charge in [0.05, 0.1) is 17.7 Å². The van der Waals surface area contributed by atoms with E-state index in [1.54, 1.807) is 25.1 Å². The Bertz CT molecular complexity index is 1020. The highest BCUT2D eigenvalue weighted by molar-refractivity contribution is 5.94. The zero-order valence-electron chi connectivity index (χ0n) is 16.3. The van der Waals surface area contributed by atoms with Crippen LogP contribution in [-0.2, 0) is 4.79 Å². The summed E-state index contributed by atoms with van der Waals surface area (Å²) in [5.74, 6) is -0.135. The highest BCUT2D eigenvalue weighted by Gasteiger charge is 2.47. The molecule has 1 fully saturated rings. The van der Waals surface area contributed by atoms with Crippen LogP contribution in [-0.4, -0.2) is 28.0 Å². The molecule has 7 nitrogen and oxygen atoms in total. The molecule has 1 saturated carbocycles. The molecule has 3 atom stereocenters. The number of carboxylic acid groups (broad SMARTS) is 1. The third-order valence-electron chi connectivity index (χ3n) is 5.83. The predicted octanol–water partition coefficient (Wildman–Crippen LogP) is 3.59. The Labute approximate surface area is 169 Å². The summed E-state index contributed by atoms with van der Waals surface area (Å²) in [5, 5.41) is 22.0. The van der Waals surface area contributed by atoms with E-state index in [2.05, 4.69) is 23.3 Å². The third-order valence-corrected chi connectivity index (χ3v) is 5.83. The molecule has 0 spiro atoms. The molecule has 1 amide bonds. The summed E-state index contributed by atoms with van der Waals surface area (Å²) >= 11 is 0. The number of hydrogen-bond acceptors (Lipinski definition) is 5. The molecule has 2 heterocycles. The van der Waals surface area contributed by atoms with Gasteiger partial charge in [-0.25, -0.2) is 9.78 Å². The lowest BCUT2D eigenvalue weighted by Gasteiger charge is -2.45. The fourth-order valence-electron chi connectivity index (χ4n) is 4.43. The monoisotopic (exact) mass is 390 g/mol. The Balaban J connectivity index is 1.81. The number of carboxylic acids is 1. The van der Waals surface area contributed by atoms with Crippen molar-refractivity contribution >= 4 is 23.4 Å². The molecule has 7 heteroatoms. The number of nitrogens with zero attached hydrogens (tertiary/aromatic N) is 3. The van der Waals surface area contributed by atoms with Gasteiger partial charge < -0.3 is 15.3 Å². The van der Waals surface area contributed by atoms with Gasteiger partial charge in [0, 0.05) is 24.6 Å². The van der Waals surface area contributed by atoms with Gasteiger partial charge in [-0.05, 0) is 54.7 Å². The van der Waals surface area contributed by atoms with Crippen LogP contribution >= 0.6 is 0 Å². The first-order valence-corrected chi connectivity index (χ1v) is 9.71. The summed E-state index contributed by atoms with van der Waals surface area (Å²) in [5.41, 5.74) is 2.14. The number of carbonyl (C=O) groups excluding carboxylic acids is 1. The molecule has 2 aliphatic rings. The Morgan fingerprint density at radius 2 is 2.03 bits per heavy atom. The third kappa shape index (κ3) is 3.42. The van der Waals surface area contributed by atoms with E-state index in [9.17, 15) is 20.0 Å². The van der Waals surface area contributed by atoms with Crippen molar-refractivity contribution < 1.29 is 14.7 Å². The van der Waals surface area contributed by atoms with E-state index in [0.717, 1.165) is 24.1 Å². The predicted molar refractivity (Wildman–Crippen MR) is 108 cm³/mol. The molecule has 0 unspecified atom stereocenters. The zero-order chi connectivity index (χ0) is 20.7. The number of hydrogen-bond donors (Lipinski definition) is 2. The van der Waals surface area contributed by atoms with Crippen LogP contribution in [0.25, 0.3) is 0 Å². The van der Waals surface area contributed by atoms with Crippen molar-refractivity contribution in [3.8, 4) is 6.07 Å². The number of rotatable bonds is 4. The summed E-state index contributed by atoms with van der Waals surface area (Å²) in [6.45, 7) is 3.68. The van der Waals surface area contributed by atoms with Crippen LogP contribution in [0.15, 0.2) is 36.4 Å². The summed E-state index contributed by atoms with van der Waals surface area (Å²) in [4.78, 5) is 29.9. The average Bonchev–Trinajstić information content (AvgIpc) is 3.54. The van der Waals surface area contributed by atoms with Crippen LogP contribution in [0, 0.1) is 23.2 Å². The Kier molecular flexibility index (Phi) is 4.71. The maximum Gasteiger partial charge on any atom is 0.354 e. The van der Waals surface area contributed by atoms with Crippen LogP contribution in [0.1, 0.15) is 54.3 Å². The number of fused-ring (bicyclic) bond motifs is 1. The number of nitrogens with one attached hydrogen (secondary N) is 1. The smallest absolute Gasteiger partial charge is 0.354 e. The molecule has 0 bridgehead atoms. The Morgan fingerprint density at radius 1 is 1.28 bits per heavy atom. The van der Waals surface area contributed by atoms with Gasteiger partial charge in [0.1, 0.15) is 5.82 Å². The molecule has 2 aromatic rings. The first kappa shape index (κ1) is 18.9. The molecule has 1 aliphatic carbocycles. The molecule has 1 aliphatic heterocycles. The first-order valence-electron chi connectivity index (χ1n) is 9.71. The van der Waals surface area contributed by atoms with Crippen LogP contribution in [0.2, 0.25) is 0 Å². The molecule has 148 valence electrons. The second kappa shape index (κ2) is 7.21. The molecule has 1 aromatic heterocycles. The van der Waals surface area contributed by atoms with Crippen molar-refractivity contribution in [2.24, 2.45) is 11.8 Å². The molecular weight excluding hydrogens is 368 g/mol.